The van der Waals surface area contributed by atoms with Gasteiger partial charge in [0.05, 0.1) is 23.7 Å². The first-order valence-corrected chi connectivity index (χ1v) is 8.13. The minimum absolute atomic E-state index is 0.0758. The fraction of sp³-hybridized carbons (Fsp3) is 0.357. The van der Waals surface area contributed by atoms with Crippen LogP contribution in [0.4, 0.5) is 0 Å². The molecule has 0 aliphatic heterocycles. The van der Waals surface area contributed by atoms with Gasteiger partial charge >= 0.3 is 0 Å². The Balaban J connectivity index is 2.20. The van der Waals surface area contributed by atoms with Crippen molar-refractivity contribution in [3.63, 3.8) is 0 Å². The molecule has 0 saturated heterocycles. The van der Waals surface area contributed by atoms with Crippen molar-refractivity contribution in [2.24, 2.45) is 0 Å². The zero-order valence-electron chi connectivity index (χ0n) is 12.0. The molecule has 0 fully saturated rings. The quantitative estimate of drug-likeness (QED) is 0.845. The van der Waals surface area contributed by atoms with Gasteiger partial charge in [-0.15, -0.1) is 0 Å². The number of hydrogen-bond donors (Lipinski definition) is 2. The van der Waals surface area contributed by atoms with Gasteiger partial charge in [-0.1, -0.05) is 6.07 Å². The van der Waals surface area contributed by atoms with E-state index in [0.717, 1.165) is 0 Å². The minimum atomic E-state index is -3.63. The molecule has 2 aromatic rings. The van der Waals surface area contributed by atoms with E-state index in [2.05, 4.69) is 9.71 Å². The van der Waals surface area contributed by atoms with Crippen molar-refractivity contribution in [2.45, 2.75) is 37.9 Å². The van der Waals surface area contributed by atoms with Crippen molar-refractivity contribution in [2.75, 3.05) is 0 Å². The molecule has 0 aromatic carbocycles. The third-order valence-corrected chi connectivity index (χ3v) is 4.47. The van der Waals surface area contributed by atoms with E-state index >= 15 is 0 Å². The molecule has 0 saturated carbocycles. The summed E-state index contributed by atoms with van der Waals surface area (Å²) in [5, 5.41) is 9.31. The van der Waals surface area contributed by atoms with Gasteiger partial charge in [-0.05, 0) is 32.0 Å². The summed E-state index contributed by atoms with van der Waals surface area (Å²) in [4.78, 5) is 4.22. The normalized spacial score (nSPS) is 12.0. The molecule has 21 heavy (non-hydrogen) atoms. The Bertz CT molecular complexity index is 694. The number of pyridine rings is 1. The van der Waals surface area contributed by atoms with E-state index in [0.29, 0.717) is 11.4 Å². The summed E-state index contributed by atoms with van der Waals surface area (Å²) in [6.45, 7) is 3.78. The lowest BCUT2D eigenvalue weighted by molar-refractivity contribution is 0.268. The fourth-order valence-corrected chi connectivity index (χ4v) is 3.05. The summed E-state index contributed by atoms with van der Waals surface area (Å²) in [5.41, 5.74) is 1.22. The number of aliphatic hydroxyl groups excluding tert-OH is 1. The number of nitrogens with zero attached hydrogens (tertiary/aromatic N) is 2. The Kier molecular flexibility index (Phi) is 4.76. The first-order valence-electron chi connectivity index (χ1n) is 6.65. The standard InChI is InChI=1S/C14H19N3O3S/c1-11(2)17-9-14(7-13(17)10-18)21(19,20)16-8-12-5-3-4-6-15-12/h3-7,9,11,16,18H,8,10H2,1-2H3. The van der Waals surface area contributed by atoms with Gasteiger partial charge in [0.25, 0.3) is 0 Å². The molecule has 7 heteroatoms. The largest absolute Gasteiger partial charge is 0.390 e. The summed E-state index contributed by atoms with van der Waals surface area (Å²) >= 11 is 0. The molecule has 0 aliphatic carbocycles. The fourth-order valence-electron chi connectivity index (χ4n) is 2.01. The Labute approximate surface area is 124 Å². The molecule has 0 radical (unpaired) electrons. The second kappa shape index (κ2) is 6.38. The average Bonchev–Trinajstić information content (AvgIpc) is 2.92. The molecule has 114 valence electrons. The Morgan fingerprint density at radius 1 is 1.38 bits per heavy atom. The monoisotopic (exact) mass is 309 g/mol. The molecule has 2 aromatic heterocycles. The third-order valence-electron chi connectivity index (χ3n) is 3.10. The molecule has 6 nitrogen and oxygen atoms in total. The molecule has 2 rings (SSSR count). The average molecular weight is 309 g/mol. The maximum Gasteiger partial charge on any atom is 0.242 e. The second-order valence-corrected chi connectivity index (χ2v) is 6.74. The van der Waals surface area contributed by atoms with Crippen molar-refractivity contribution in [1.29, 1.82) is 0 Å². The van der Waals surface area contributed by atoms with Crippen molar-refractivity contribution < 1.29 is 13.5 Å². The SMILES string of the molecule is CC(C)n1cc(S(=O)(=O)NCc2ccccn2)cc1CO. The van der Waals surface area contributed by atoms with Gasteiger partial charge in [0.1, 0.15) is 0 Å². The second-order valence-electron chi connectivity index (χ2n) is 4.97. The number of hydrogen-bond acceptors (Lipinski definition) is 4. The molecular formula is C14H19N3O3S. The smallest absolute Gasteiger partial charge is 0.242 e. The van der Waals surface area contributed by atoms with Crippen LogP contribution in [0.1, 0.15) is 31.3 Å². The topological polar surface area (TPSA) is 84.2 Å². The lowest BCUT2D eigenvalue weighted by atomic mass is 10.3. The highest BCUT2D eigenvalue weighted by molar-refractivity contribution is 7.89. The molecule has 0 amide bonds. The van der Waals surface area contributed by atoms with Crippen molar-refractivity contribution in [1.82, 2.24) is 14.3 Å². The molecule has 0 bridgehead atoms. The third kappa shape index (κ3) is 3.69. The van der Waals surface area contributed by atoms with Gasteiger partial charge in [-0.25, -0.2) is 13.1 Å². The van der Waals surface area contributed by atoms with Gasteiger partial charge < -0.3 is 9.67 Å². The van der Waals surface area contributed by atoms with Crippen LogP contribution in [0.25, 0.3) is 0 Å². The maximum atomic E-state index is 12.3. The Morgan fingerprint density at radius 3 is 2.67 bits per heavy atom. The highest BCUT2D eigenvalue weighted by atomic mass is 32.2. The van der Waals surface area contributed by atoms with Crippen LogP contribution in [0, 0.1) is 0 Å². The first kappa shape index (κ1) is 15.7. The van der Waals surface area contributed by atoms with E-state index in [1.54, 1.807) is 29.0 Å². The minimum Gasteiger partial charge on any atom is -0.390 e. The van der Waals surface area contributed by atoms with E-state index in [-0.39, 0.29) is 24.1 Å². The van der Waals surface area contributed by atoms with Gasteiger partial charge in [0.15, 0.2) is 0 Å². The summed E-state index contributed by atoms with van der Waals surface area (Å²) < 4.78 is 28.8. The molecule has 0 spiro atoms. The van der Waals surface area contributed by atoms with E-state index < -0.39 is 10.0 Å². The first-order chi connectivity index (χ1) is 9.94. The lowest BCUT2D eigenvalue weighted by Crippen LogP contribution is -2.23. The molecule has 0 atom stereocenters. The molecule has 0 aliphatic rings. The summed E-state index contributed by atoms with van der Waals surface area (Å²) in [6.07, 6.45) is 3.15. The van der Waals surface area contributed by atoms with Crippen LogP contribution >= 0.6 is 0 Å². The highest BCUT2D eigenvalue weighted by Crippen LogP contribution is 2.19. The van der Waals surface area contributed by atoms with E-state index in [9.17, 15) is 13.5 Å². The maximum absolute atomic E-state index is 12.3. The predicted octanol–water partition coefficient (Wildman–Crippen LogP) is 1.43. The summed E-state index contributed by atoms with van der Waals surface area (Å²) in [7, 11) is -3.63. The van der Waals surface area contributed by atoms with Crippen LogP contribution in [-0.4, -0.2) is 23.1 Å². The van der Waals surface area contributed by atoms with Gasteiger partial charge in [0, 0.05) is 24.1 Å². The number of nitrogens with one attached hydrogen (secondary N) is 1. The molecule has 0 unspecified atom stereocenters. The van der Waals surface area contributed by atoms with Gasteiger partial charge in [-0.3, -0.25) is 4.98 Å². The Morgan fingerprint density at radius 2 is 2.14 bits per heavy atom. The van der Waals surface area contributed by atoms with Crippen molar-refractivity contribution in [3.8, 4) is 0 Å². The predicted molar refractivity (Wildman–Crippen MR) is 79.0 cm³/mol. The van der Waals surface area contributed by atoms with E-state index in [1.807, 2.05) is 13.8 Å². The van der Waals surface area contributed by atoms with Crippen molar-refractivity contribution in [3.05, 3.63) is 48.0 Å². The number of aliphatic hydroxyl groups is 1. The van der Waals surface area contributed by atoms with E-state index in [4.69, 9.17) is 0 Å². The van der Waals surface area contributed by atoms with Crippen LogP contribution in [0.2, 0.25) is 0 Å². The van der Waals surface area contributed by atoms with Crippen molar-refractivity contribution >= 4 is 10.0 Å². The highest BCUT2D eigenvalue weighted by Gasteiger charge is 2.19. The Hall–Kier alpha value is -1.70. The van der Waals surface area contributed by atoms with Crippen LogP contribution in [0.3, 0.4) is 0 Å². The van der Waals surface area contributed by atoms with Crippen LogP contribution in [0.15, 0.2) is 41.6 Å². The van der Waals surface area contributed by atoms with Gasteiger partial charge in [0.2, 0.25) is 10.0 Å². The van der Waals surface area contributed by atoms with Gasteiger partial charge in [-0.2, -0.15) is 0 Å². The van der Waals surface area contributed by atoms with E-state index in [1.165, 1.54) is 12.3 Å². The molecule has 2 N–H and O–H groups in total. The molecular weight excluding hydrogens is 290 g/mol. The zero-order chi connectivity index (χ0) is 15.5. The number of rotatable bonds is 6. The lowest BCUT2D eigenvalue weighted by Gasteiger charge is -2.10. The van der Waals surface area contributed by atoms with Crippen LogP contribution in [-0.2, 0) is 23.2 Å². The number of aromatic nitrogens is 2. The summed E-state index contributed by atoms with van der Waals surface area (Å²) in [5.74, 6) is 0. The zero-order valence-corrected chi connectivity index (χ0v) is 12.8. The molecule has 2 heterocycles. The summed E-state index contributed by atoms with van der Waals surface area (Å²) in [6, 6.07) is 6.89. The van der Waals surface area contributed by atoms with Crippen LogP contribution in [0.5, 0.6) is 0 Å². The number of sulfonamides is 1. The van der Waals surface area contributed by atoms with Crippen LogP contribution < -0.4 is 4.72 Å².